The van der Waals surface area contributed by atoms with Crippen molar-refractivity contribution in [2.75, 3.05) is 27.3 Å². The Morgan fingerprint density at radius 2 is 1.83 bits per heavy atom. The Kier molecular flexibility index (Phi) is 6.25. The average Bonchev–Trinajstić information content (AvgIpc) is 3.49. The van der Waals surface area contributed by atoms with Crippen LogP contribution in [0, 0.1) is 0 Å². The number of amides is 2. The fraction of sp³-hybridized carbons (Fsp3) is 0.385. The highest BCUT2D eigenvalue weighted by molar-refractivity contribution is 5.97. The first-order valence-corrected chi connectivity index (χ1v) is 11.7. The zero-order valence-corrected chi connectivity index (χ0v) is 19.9. The number of fused-ring (bicyclic) bond motifs is 2. The Hall–Kier alpha value is -3.72. The van der Waals surface area contributed by atoms with Crippen LogP contribution in [0.2, 0.25) is 0 Å². The summed E-state index contributed by atoms with van der Waals surface area (Å²) in [5.41, 5.74) is 2.43. The lowest BCUT2D eigenvalue weighted by Gasteiger charge is -2.44. The molecule has 1 aliphatic heterocycles. The van der Waals surface area contributed by atoms with Crippen molar-refractivity contribution in [3.8, 4) is 5.75 Å². The van der Waals surface area contributed by atoms with Crippen LogP contribution in [0.3, 0.4) is 0 Å². The molecule has 1 spiro atoms. The van der Waals surface area contributed by atoms with E-state index in [1.54, 1.807) is 37.4 Å². The third-order valence-electron chi connectivity index (χ3n) is 7.34. The van der Waals surface area contributed by atoms with E-state index in [2.05, 4.69) is 27.5 Å². The molecule has 0 radical (unpaired) electrons. The molecule has 5 rings (SSSR count). The van der Waals surface area contributed by atoms with Gasteiger partial charge < -0.3 is 19.7 Å². The summed E-state index contributed by atoms with van der Waals surface area (Å²) in [6, 6.07) is 15.1. The number of likely N-dealkylation sites (tertiary alicyclic amines) is 1. The summed E-state index contributed by atoms with van der Waals surface area (Å²) < 4.78 is 13.0. The number of nitrogens with one attached hydrogen (secondary N) is 1. The summed E-state index contributed by atoms with van der Waals surface area (Å²) in [7, 11) is 3.25. The van der Waals surface area contributed by atoms with Gasteiger partial charge in [-0.2, -0.15) is 5.10 Å². The van der Waals surface area contributed by atoms with Crippen molar-refractivity contribution >= 4 is 11.8 Å². The molecule has 3 aromatic rings. The van der Waals surface area contributed by atoms with Crippen LogP contribution >= 0.6 is 0 Å². The molecular formula is C26H29N5O4. The molecule has 1 aliphatic carbocycles. The van der Waals surface area contributed by atoms with Gasteiger partial charge in [-0.3, -0.25) is 9.59 Å². The Bertz CT molecular complexity index is 1200. The van der Waals surface area contributed by atoms with E-state index in [0.717, 1.165) is 18.4 Å². The number of para-hydroxylation sites is 1. The third kappa shape index (κ3) is 4.05. The SMILES string of the molecule is COc1ccccc1C(=O)N[C@@H]1c2ccccc2C2(CCN(C(=O)Cn3cncn3)CC2)[C@H]1OC. The van der Waals surface area contributed by atoms with E-state index < -0.39 is 0 Å². The minimum Gasteiger partial charge on any atom is -0.496 e. The topological polar surface area (TPSA) is 98.6 Å². The van der Waals surface area contributed by atoms with Gasteiger partial charge in [0.25, 0.3) is 5.91 Å². The van der Waals surface area contributed by atoms with Crippen molar-refractivity contribution in [1.82, 2.24) is 25.0 Å². The van der Waals surface area contributed by atoms with Crippen LogP contribution in [-0.4, -0.2) is 64.9 Å². The van der Waals surface area contributed by atoms with E-state index in [1.807, 2.05) is 29.2 Å². The minimum absolute atomic E-state index is 0.0200. The monoisotopic (exact) mass is 475 g/mol. The number of hydrogen-bond donors (Lipinski definition) is 1. The molecule has 1 N–H and O–H groups in total. The quantitative estimate of drug-likeness (QED) is 0.588. The first kappa shape index (κ1) is 23.0. The van der Waals surface area contributed by atoms with Crippen LogP contribution < -0.4 is 10.1 Å². The van der Waals surface area contributed by atoms with Crippen molar-refractivity contribution in [2.45, 2.75) is 36.9 Å². The Balaban J connectivity index is 1.39. The van der Waals surface area contributed by atoms with Crippen molar-refractivity contribution in [2.24, 2.45) is 0 Å². The van der Waals surface area contributed by atoms with Crippen molar-refractivity contribution in [1.29, 1.82) is 0 Å². The van der Waals surface area contributed by atoms with E-state index in [-0.39, 0.29) is 35.9 Å². The van der Waals surface area contributed by atoms with Crippen LogP contribution in [0.1, 0.15) is 40.4 Å². The lowest BCUT2D eigenvalue weighted by atomic mass is 9.72. The minimum atomic E-state index is -0.314. The van der Waals surface area contributed by atoms with Crippen molar-refractivity contribution in [3.63, 3.8) is 0 Å². The smallest absolute Gasteiger partial charge is 0.255 e. The molecule has 1 aromatic heterocycles. The maximum absolute atomic E-state index is 13.3. The van der Waals surface area contributed by atoms with Crippen molar-refractivity contribution in [3.05, 3.63) is 77.9 Å². The molecular weight excluding hydrogens is 446 g/mol. The zero-order chi connectivity index (χ0) is 24.4. The van der Waals surface area contributed by atoms with Gasteiger partial charge in [0.1, 0.15) is 24.9 Å². The molecule has 2 aromatic carbocycles. The lowest BCUT2D eigenvalue weighted by molar-refractivity contribution is -0.134. The highest BCUT2D eigenvalue weighted by Gasteiger charge is 2.54. The number of nitrogens with zero attached hydrogens (tertiary/aromatic N) is 4. The maximum atomic E-state index is 13.3. The van der Waals surface area contributed by atoms with Gasteiger partial charge in [0.2, 0.25) is 5.91 Å². The number of benzene rings is 2. The summed E-state index contributed by atoms with van der Waals surface area (Å²) in [4.78, 5) is 31.9. The number of rotatable bonds is 6. The summed E-state index contributed by atoms with van der Waals surface area (Å²) >= 11 is 0. The molecule has 0 bridgehead atoms. The average molecular weight is 476 g/mol. The number of hydrogen-bond acceptors (Lipinski definition) is 6. The molecule has 0 saturated carbocycles. The lowest BCUT2D eigenvalue weighted by Crippen LogP contribution is -2.52. The first-order valence-electron chi connectivity index (χ1n) is 11.7. The third-order valence-corrected chi connectivity index (χ3v) is 7.34. The number of carbonyl (C=O) groups is 2. The maximum Gasteiger partial charge on any atom is 0.255 e. The molecule has 182 valence electrons. The van der Waals surface area contributed by atoms with Gasteiger partial charge in [-0.15, -0.1) is 0 Å². The fourth-order valence-electron chi connectivity index (χ4n) is 5.69. The highest BCUT2D eigenvalue weighted by Crippen LogP contribution is 2.52. The molecule has 9 heteroatoms. The van der Waals surface area contributed by atoms with Gasteiger partial charge in [-0.05, 0) is 36.1 Å². The largest absolute Gasteiger partial charge is 0.496 e. The molecule has 2 aliphatic rings. The van der Waals surface area contributed by atoms with Crippen LogP contribution in [0.15, 0.2) is 61.2 Å². The first-order chi connectivity index (χ1) is 17.1. The second-order valence-corrected chi connectivity index (χ2v) is 9.02. The van der Waals surface area contributed by atoms with Crippen molar-refractivity contribution < 1.29 is 19.1 Å². The van der Waals surface area contributed by atoms with E-state index >= 15 is 0 Å². The standard InChI is InChI=1S/C26H29N5O4/c1-34-21-10-6-4-8-19(21)25(33)29-23-18-7-3-5-9-20(18)26(24(23)35-2)11-13-30(14-12-26)22(32)15-31-17-27-16-28-31/h3-10,16-17,23-24H,11-15H2,1-2H3,(H,29,33)/t23-,24+/m1/s1. The zero-order valence-electron chi connectivity index (χ0n) is 19.9. The van der Waals surface area contributed by atoms with E-state index in [1.165, 1.54) is 11.9 Å². The van der Waals surface area contributed by atoms with Gasteiger partial charge in [0.15, 0.2) is 0 Å². The molecule has 2 amide bonds. The molecule has 2 heterocycles. The summed E-state index contributed by atoms with van der Waals surface area (Å²) in [5.74, 6) is 0.340. The Morgan fingerprint density at radius 1 is 1.09 bits per heavy atom. The number of piperidine rings is 1. The number of carbonyl (C=O) groups excluding carboxylic acids is 2. The molecule has 9 nitrogen and oxygen atoms in total. The van der Waals surface area contributed by atoms with Gasteiger partial charge in [-0.1, -0.05) is 36.4 Å². The van der Waals surface area contributed by atoms with Crippen LogP contribution in [-0.2, 0) is 21.5 Å². The van der Waals surface area contributed by atoms with Crippen LogP contribution in [0.25, 0.3) is 0 Å². The van der Waals surface area contributed by atoms with Gasteiger partial charge in [-0.25, -0.2) is 9.67 Å². The molecule has 1 fully saturated rings. The predicted octanol–water partition coefficient (Wildman–Crippen LogP) is 2.35. The van der Waals surface area contributed by atoms with Gasteiger partial charge >= 0.3 is 0 Å². The van der Waals surface area contributed by atoms with Crippen LogP contribution in [0.4, 0.5) is 0 Å². The van der Waals surface area contributed by atoms with Crippen LogP contribution in [0.5, 0.6) is 5.75 Å². The fourth-order valence-corrected chi connectivity index (χ4v) is 5.69. The number of methoxy groups -OCH3 is 2. The molecule has 35 heavy (non-hydrogen) atoms. The van der Waals surface area contributed by atoms with Gasteiger partial charge in [0, 0.05) is 25.6 Å². The van der Waals surface area contributed by atoms with E-state index in [4.69, 9.17) is 9.47 Å². The normalized spacial score (nSPS) is 20.5. The highest BCUT2D eigenvalue weighted by atomic mass is 16.5. The number of aromatic nitrogens is 3. The van der Waals surface area contributed by atoms with E-state index in [9.17, 15) is 9.59 Å². The molecule has 1 saturated heterocycles. The summed E-state index contributed by atoms with van der Waals surface area (Å²) in [5, 5.41) is 7.26. The Morgan fingerprint density at radius 3 is 2.54 bits per heavy atom. The Labute approximate surface area is 204 Å². The molecule has 2 atom stereocenters. The summed E-state index contributed by atoms with van der Waals surface area (Å²) in [6.45, 7) is 1.39. The number of ether oxygens (including phenoxy) is 2. The predicted molar refractivity (Wildman–Crippen MR) is 128 cm³/mol. The second-order valence-electron chi connectivity index (χ2n) is 9.02. The van der Waals surface area contributed by atoms with E-state index in [0.29, 0.717) is 24.4 Å². The second kappa shape index (κ2) is 9.50. The summed E-state index contributed by atoms with van der Waals surface area (Å²) in [6.07, 6.45) is 4.20. The molecule has 0 unspecified atom stereocenters. The van der Waals surface area contributed by atoms with Gasteiger partial charge in [0.05, 0.1) is 24.8 Å².